The van der Waals surface area contributed by atoms with Crippen molar-refractivity contribution in [3.8, 4) is 5.75 Å². The summed E-state index contributed by atoms with van der Waals surface area (Å²) >= 11 is 0. The van der Waals surface area contributed by atoms with Gasteiger partial charge in [0.25, 0.3) is 0 Å². The van der Waals surface area contributed by atoms with E-state index in [9.17, 15) is 9.59 Å². The minimum atomic E-state index is -0.939. The number of hydrogen-bond donors (Lipinski definition) is 2. The molecule has 1 aromatic rings. The molecule has 0 unspecified atom stereocenters. The van der Waals surface area contributed by atoms with Gasteiger partial charge in [-0.2, -0.15) is 0 Å². The number of anilines is 1. The molecule has 1 rings (SSSR count). The van der Waals surface area contributed by atoms with Crippen molar-refractivity contribution in [1.29, 1.82) is 0 Å². The summed E-state index contributed by atoms with van der Waals surface area (Å²) < 4.78 is 10.5. The fourth-order valence-corrected chi connectivity index (χ4v) is 1.64. The maximum absolute atomic E-state index is 11.9. The second-order valence-corrected chi connectivity index (χ2v) is 4.72. The van der Waals surface area contributed by atoms with E-state index in [4.69, 9.17) is 14.6 Å². The first-order valence-electron chi connectivity index (χ1n) is 6.98. The van der Waals surface area contributed by atoms with Crippen LogP contribution in [0.25, 0.3) is 0 Å². The first-order valence-corrected chi connectivity index (χ1v) is 6.98. The number of benzene rings is 1. The van der Waals surface area contributed by atoms with Crippen molar-refractivity contribution >= 4 is 17.7 Å². The highest BCUT2D eigenvalue weighted by Crippen LogP contribution is 2.17. The number of amides is 2. The Morgan fingerprint density at radius 2 is 2.09 bits per heavy atom. The molecular formula is C15H22N2O5. The van der Waals surface area contributed by atoms with Crippen LogP contribution in [0.15, 0.2) is 24.3 Å². The Kier molecular flexibility index (Phi) is 7.77. The third kappa shape index (κ3) is 6.94. The highest BCUT2D eigenvalue weighted by atomic mass is 16.5. The molecule has 7 nitrogen and oxygen atoms in total. The maximum atomic E-state index is 11.9. The zero-order valence-electron chi connectivity index (χ0n) is 12.9. The molecule has 22 heavy (non-hydrogen) atoms. The SMILES string of the molecule is COCCCOc1cccc(NC(=O)N(C)CCC(=O)O)c1. The topological polar surface area (TPSA) is 88.1 Å². The van der Waals surface area contributed by atoms with E-state index < -0.39 is 5.97 Å². The van der Waals surface area contributed by atoms with Crippen molar-refractivity contribution in [2.75, 3.05) is 39.2 Å². The van der Waals surface area contributed by atoms with E-state index in [-0.39, 0.29) is 19.0 Å². The summed E-state index contributed by atoms with van der Waals surface area (Å²) in [6.07, 6.45) is 0.692. The number of carboxylic acid groups (broad SMARTS) is 1. The van der Waals surface area contributed by atoms with E-state index in [1.165, 1.54) is 4.90 Å². The van der Waals surface area contributed by atoms with Gasteiger partial charge in [-0.1, -0.05) is 6.07 Å². The predicted octanol–water partition coefficient (Wildman–Crippen LogP) is 2.04. The molecule has 0 aromatic heterocycles. The van der Waals surface area contributed by atoms with Gasteiger partial charge in [-0.3, -0.25) is 4.79 Å². The number of hydrogen-bond acceptors (Lipinski definition) is 4. The summed E-state index contributed by atoms with van der Waals surface area (Å²) in [5.41, 5.74) is 0.594. The number of urea groups is 1. The summed E-state index contributed by atoms with van der Waals surface area (Å²) in [6.45, 7) is 1.31. The Morgan fingerprint density at radius 1 is 1.32 bits per heavy atom. The van der Waals surface area contributed by atoms with Crippen LogP contribution < -0.4 is 10.1 Å². The van der Waals surface area contributed by atoms with E-state index in [2.05, 4.69) is 5.32 Å². The summed E-state index contributed by atoms with van der Waals surface area (Å²) in [5, 5.41) is 11.3. The minimum Gasteiger partial charge on any atom is -0.493 e. The number of aliphatic carboxylic acids is 1. The van der Waals surface area contributed by atoms with Crippen LogP contribution in [0.2, 0.25) is 0 Å². The van der Waals surface area contributed by atoms with Crippen molar-refractivity contribution in [3.05, 3.63) is 24.3 Å². The van der Waals surface area contributed by atoms with E-state index in [0.29, 0.717) is 24.7 Å². The first-order chi connectivity index (χ1) is 10.5. The number of nitrogens with zero attached hydrogens (tertiary/aromatic N) is 1. The van der Waals surface area contributed by atoms with Gasteiger partial charge in [0.2, 0.25) is 0 Å². The molecular weight excluding hydrogens is 288 g/mol. The maximum Gasteiger partial charge on any atom is 0.321 e. The molecule has 0 heterocycles. The highest BCUT2D eigenvalue weighted by molar-refractivity contribution is 5.89. The molecule has 122 valence electrons. The van der Waals surface area contributed by atoms with Crippen LogP contribution >= 0.6 is 0 Å². The average molecular weight is 310 g/mol. The number of nitrogens with one attached hydrogen (secondary N) is 1. The molecule has 0 atom stereocenters. The Morgan fingerprint density at radius 3 is 2.77 bits per heavy atom. The van der Waals surface area contributed by atoms with E-state index in [0.717, 1.165) is 6.42 Å². The van der Waals surface area contributed by atoms with Crippen molar-refractivity contribution in [1.82, 2.24) is 4.90 Å². The second kappa shape index (κ2) is 9.62. The van der Waals surface area contributed by atoms with Gasteiger partial charge in [-0.25, -0.2) is 4.79 Å². The Bertz CT molecular complexity index is 493. The normalized spacial score (nSPS) is 10.1. The molecule has 2 N–H and O–H groups in total. The Labute approximate surface area is 129 Å². The standard InChI is InChI=1S/C15H22N2O5/c1-17(8-7-14(18)19)15(20)16-12-5-3-6-13(11-12)22-10-4-9-21-2/h3,5-6,11H,4,7-10H2,1-2H3,(H,16,20)(H,18,19). The van der Waals surface area contributed by atoms with E-state index >= 15 is 0 Å². The number of carbonyl (C=O) groups is 2. The monoisotopic (exact) mass is 310 g/mol. The molecule has 0 spiro atoms. The lowest BCUT2D eigenvalue weighted by molar-refractivity contribution is -0.137. The summed E-state index contributed by atoms with van der Waals surface area (Å²) in [6, 6.07) is 6.67. The van der Waals surface area contributed by atoms with Gasteiger partial charge >= 0.3 is 12.0 Å². The molecule has 0 saturated carbocycles. The average Bonchev–Trinajstić information content (AvgIpc) is 2.49. The van der Waals surface area contributed by atoms with Crippen LogP contribution in [-0.2, 0) is 9.53 Å². The zero-order chi connectivity index (χ0) is 16.4. The number of rotatable bonds is 9. The number of carboxylic acids is 1. The molecule has 0 aliphatic rings. The summed E-state index contributed by atoms with van der Waals surface area (Å²) in [5.74, 6) is -0.284. The van der Waals surface area contributed by atoms with Gasteiger partial charge < -0.3 is 24.8 Å². The molecule has 7 heteroatoms. The smallest absolute Gasteiger partial charge is 0.321 e. The number of methoxy groups -OCH3 is 1. The molecule has 0 fully saturated rings. The molecule has 2 amide bonds. The number of carbonyl (C=O) groups excluding carboxylic acids is 1. The molecule has 1 aromatic carbocycles. The molecule has 0 saturated heterocycles. The molecule has 0 aliphatic heterocycles. The zero-order valence-corrected chi connectivity index (χ0v) is 12.9. The van der Waals surface area contributed by atoms with Crippen LogP contribution in [0, 0.1) is 0 Å². The lowest BCUT2D eigenvalue weighted by Gasteiger charge is -2.17. The van der Waals surface area contributed by atoms with Gasteiger partial charge in [0.05, 0.1) is 13.0 Å². The van der Waals surface area contributed by atoms with Gasteiger partial charge in [0.15, 0.2) is 0 Å². The van der Waals surface area contributed by atoms with Crippen molar-refractivity contribution < 1.29 is 24.2 Å². The quantitative estimate of drug-likeness (QED) is 0.681. The lowest BCUT2D eigenvalue weighted by atomic mass is 10.3. The predicted molar refractivity (Wildman–Crippen MR) is 82.3 cm³/mol. The third-order valence-electron chi connectivity index (χ3n) is 2.85. The fourth-order valence-electron chi connectivity index (χ4n) is 1.64. The van der Waals surface area contributed by atoms with Crippen LogP contribution in [0.4, 0.5) is 10.5 Å². The van der Waals surface area contributed by atoms with Gasteiger partial charge in [-0.05, 0) is 12.1 Å². The van der Waals surface area contributed by atoms with Crippen LogP contribution in [-0.4, -0.2) is 55.9 Å². The minimum absolute atomic E-state index is 0.0907. The van der Waals surface area contributed by atoms with Crippen molar-refractivity contribution in [2.24, 2.45) is 0 Å². The second-order valence-electron chi connectivity index (χ2n) is 4.72. The Hall–Kier alpha value is -2.28. The van der Waals surface area contributed by atoms with E-state index in [1.807, 2.05) is 0 Å². The van der Waals surface area contributed by atoms with Gasteiger partial charge in [-0.15, -0.1) is 0 Å². The first kappa shape index (κ1) is 17.8. The lowest BCUT2D eigenvalue weighted by Crippen LogP contribution is -2.33. The van der Waals surface area contributed by atoms with E-state index in [1.54, 1.807) is 38.4 Å². The third-order valence-corrected chi connectivity index (χ3v) is 2.85. The summed E-state index contributed by atoms with van der Waals surface area (Å²) in [7, 11) is 3.18. The molecule has 0 radical (unpaired) electrons. The van der Waals surface area contributed by atoms with Gasteiger partial charge in [0.1, 0.15) is 5.75 Å². The van der Waals surface area contributed by atoms with Crippen LogP contribution in [0.1, 0.15) is 12.8 Å². The fraction of sp³-hybridized carbons (Fsp3) is 0.467. The van der Waals surface area contributed by atoms with Crippen LogP contribution in [0.3, 0.4) is 0 Å². The highest BCUT2D eigenvalue weighted by Gasteiger charge is 2.10. The van der Waals surface area contributed by atoms with Crippen molar-refractivity contribution in [2.45, 2.75) is 12.8 Å². The van der Waals surface area contributed by atoms with Crippen LogP contribution in [0.5, 0.6) is 5.75 Å². The largest absolute Gasteiger partial charge is 0.493 e. The number of ether oxygens (including phenoxy) is 2. The van der Waals surface area contributed by atoms with Gasteiger partial charge in [0, 0.05) is 45.5 Å². The molecule has 0 bridgehead atoms. The Balaban J connectivity index is 2.47. The summed E-state index contributed by atoms with van der Waals surface area (Å²) in [4.78, 5) is 23.7. The molecule has 0 aliphatic carbocycles. The van der Waals surface area contributed by atoms with Crippen molar-refractivity contribution in [3.63, 3.8) is 0 Å².